The number of amides is 1. The summed E-state index contributed by atoms with van der Waals surface area (Å²) in [5.74, 6) is 0. The van der Waals surface area contributed by atoms with Gasteiger partial charge in [0.2, 0.25) is 0 Å². The van der Waals surface area contributed by atoms with Gasteiger partial charge in [-0.05, 0) is 26.8 Å². The number of anilines is 1. The quantitative estimate of drug-likeness (QED) is 0.793. The van der Waals surface area contributed by atoms with E-state index in [9.17, 15) is 18.0 Å². The molecule has 1 amide bonds. The Balaban J connectivity index is 2.04. The van der Waals surface area contributed by atoms with Crippen LogP contribution in [0.15, 0.2) is 18.5 Å². The molecule has 0 bridgehead atoms. The molecule has 0 aromatic carbocycles. The summed E-state index contributed by atoms with van der Waals surface area (Å²) in [5.41, 5.74) is -1.26. The van der Waals surface area contributed by atoms with Crippen molar-refractivity contribution in [3.05, 3.63) is 24.0 Å². The normalized spacial score (nSPS) is 16.4. The SMILES string of the molecule is CC(C)(C)OC(=O)N1CCN(c2ccncc2C(F)(F)F)CC1. The van der Waals surface area contributed by atoms with Crippen LogP contribution in [-0.4, -0.2) is 47.8 Å². The smallest absolute Gasteiger partial charge is 0.419 e. The van der Waals surface area contributed by atoms with E-state index < -0.39 is 23.4 Å². The van der Waals surface area contributed by atoms with E-state index >= 15 is 0 Å². The summed E-state index contributed by atoms with van der Waals surface area (Å²) in [6.45, 7) is 6.57. The molecule has 0 radical (unpaired) electrons. The monoisotopic (exact) mass is 331 g/mol. The molecule has 0 atom stereocenters. The number of ether oxygens (including phenoxy) is 1. The molecule has 0 aliphatic carbocycles. The lowest BCUT2D eigenvalue weighted by atomic mass is 10.2. The van der Waals surface area contributed by atoms with Crippen molar-refractivity contribution in [1.82, 2.24) is 9.88 Å². The molecular weight excluding hydrogens is 311 g/mol. The van der Waals surface area contributed by atoms with E-state index in [1.165, 1.54) is 17.2 Å². The third kappa shape index (κ3) is 4.49. The van der Waals surface area contributed by atoms with Gasteiger partial charge in [-0.2, -0.15) is 13.2 Å². The van der Waals surface area contributed by atoms with Gasteiger partial charge < -0.3 is 14.5 Å². The maximum Gasteiger partial charge on any atom is 0.419 e. The van der Waals surface area contributed by atoms with E-state index in [-0.39, 0.29) is 5.69 Å². The van der Waals surface area contributed by atoms with Crippen LogP contribution >= 0.6 is 0 Å². The van der Waals surface area contributed by atoms with Crippen molar-refractivity contribution in [1.29, 1.82) is 0 Å². The van der Waals surface area contributed by atoms with Gasteiger partial charge in [-0.1, -0.05) is 0 Å². The highest BCUT2D eigenvalue weighted by molar-refractivity contribution is 5.68. The van der Waals surface area contributed by atoms with Crippen LogP contribution in [0.2, 0.25) is 0 Å². The maximum atomic E-state index is 13.0. The van der Waals surface area contributed by atoms with Crippen molar-refractivity contribution in [2.45, 2.75) is 32.5 Å². The molecule has 0 unspecified atom stereocenters. The number of nitrogens with zero attached hydrogens (tertiary/aromatic N) is 3. The minimum Gasteiger partial charge on any atom is -0.444 e. The molecule has 1 aromatic rings. The van der Waals surface area contributed by atoms with Gasteiger partial charge in [0, 0.05) is 38.6 Å². The fourth-order valence-corrected chi connectivity index (χ4v) is 2.34. The Morgan fingerprint density at radius 2 is 1.78 bits per heavy atom. The van der Waals surface area contributed by atoms with Crippen molar-refractivity contribution in [3.63, 3.8) is 0 Å². The van der Waals surface area contributed by atoms with E-state index in [0.29, 0.717) is 26.2 Å². The van der Waals surface area contributed by atoms with E-state index in [0.717, 1.165) is 6.20 Å². The summed E-state index contributed by atoms with van der Waals surface area (Å²) in [6, 6.07) is 1.35. The Kier molecular flexibility index (Phi) is 4.72. The topological polar surface area (TPSA) is 45.7 Å². The Bertz CT molecular complexity index is 562. The number of halogens is 3. The zero-order chi connectivity index (χ0) is 17.3. The Morgan fingerprint density at radius 1 is 1.17 bits per heavy atom. The van der Waals surface area contributed by atoms with Crippen molar-refractivity contribution in [3.8, 4) is 0 Å². The second-order valence-electron chi connectivity index (χ2n) is 6.35. The summed E-state index contributed by atoms with van der Waals surface area (Å²) in [7, 11) is 0. The highest BCUT2D eigenvalue weighted by atomic mass is 19.4. The van der Waals surface area contributed by atoms with Crippen LogP contribution in [0.4, 0.5) is 23.7 Å². The van der Waals surface area contributed by atoms with Crippen LogP contribution in [0.5, 0.6) is 0 Å². The molecule has 5 nitrogen and oxygen atoms in total. The van der Waals surface area contributed by atoms with Gasteiger partial charge in [0.05, 0.1) is 11.3 Å². The largest absolute Gasteiger partial charge is 0.444 e. The lowest BCUT2D eigenvalue weighted by Crippen LogP contribution is -2.50. The number of hydrogen-bond acceptors (Lipinski definition) is 4. The number of rotatable bonds is 1. The van der Waals surface area contributed by atoms with Gasteiger partial charge in [-0.3, -0.25) is 4.98 Å². The standard InChI is InChI=1S/C15H20F3N3O2/c1-14(2,3)23-13(22)21-8-6-20(7-9-21)12-4-5-19-10-11(12)15(16,17)18/h4-5,10H,6-9H2,1-3H3. The number of carbonyl (C=O) groups excluding carboxylic acids is 1. The molecule has 1 aromatic heterocycles. The fraction of sp³-hybridized carbons (Fsp3) is 0.600. The predicted octanol–water partition coefficient (Wildman–Crippen LogP) is 3.16. The summed E-state index contributed by atoms with van der Waals surface area (Å²) in [5, 5.41) is 0. The Hall–Kier alpha value is -1.99. The molecule has 8 heteroatoms. The van der Waals surface area contributed by atoms with Crippen molar-refractivity contribution >= 4 is 11.8 Å². The average molecular weight is 331 g/mol. The Morgan fingerprint density at radius 3 is 2.30 bits per heavy atom. The van der Waals surface area contributed by atoms with Crippen LogP contribution in [0.3, 0.4) is 0 Å². The first-order chi connectivity index (χ1) is 10.6. The molecule has 23 heavy (non-hydrogen) atoms. The van der Waals surface area contributed by atoms with Crippen LogP contribution in [0, 0.1) is 0 Å². The minimum absolute atomic E-state index is 0.0938. The third-order valence-corrected chi connectivity index (χ3v) is 3.38. The number of pyridine rings is 1. The summed E-state index contributed by atoms with van der Waals surface area (Å²) < 4.78 is 44.4. The second-order valence-corrected chi connectivity index (χ2v) is 6.35. The van der Waals surface area contributed by atoms with E-state index in [4.69, 9.17) is 4.74 Å². The predicted molar refractivity (Wildman–Crippen MR) is 79.3 cm³/mol. The van der Waals surface area contributed by atoms with E-state index in [1.807, 2.05) is 0 Å². The maximum absolute atomic E-state index is 13.0. The van der Waals surface area contributed by atoms with Crippen molar-refractivity contribution < 1.29 is 22.7 Å². The number of alkyl halides is 3. The molecule has 128 valence electrons. The molecule has 0 N–H and O–H groups in total. The molecule has 2 heterocycles. The summed E-state index contributed by atoms with van der Waals surface area (Å²) in [6.07, 6.45) is -2.73. The van der Waals surface area contributed by atoms with Crippen LogP contribution < -0.4 is 4.90 Å². The average Bonchev–Trinajstić information content (AvgIpc) is 2.45. The zero-order valence-corrected chi connectivity index (χ0v) is 13.4. The molecule has 0 spiro atoms. The van der Waals surface area contributed by atoms with Gasteiger partial charge in [0.15, 0.2) is 0 Å². The zero-order valence-electron chi connectivity index (χ0n) is 13.4. The highest BCUT2D eigenvalue weighted by Crippen LogP contribution is 2.36. The first-order valence-corrected chi connectivity index (χ1v) is 7.32. The molecular formula is C15H20F3N3O2. The molecule has 0 saturated carbocycles. The molecule has 1 aliphatic rings. The van der Waals surface area contributed by atoms with Gasteiger partial charge in [0.25, 0.3) is 0 Å². The summed E-state index contributed by atoms with van der Waals surface area (Å²) >= 11 is 0. The van der Waals surface area contributed by atoms with Gasteiger partial charge in [-0.15, -0.1) is 0 Å². The third-order valence-electron chi connectivity index (χ3n) is 3.38. The molecule has 1 saturated heterocycles. The van der Waals surface area contributed by atoms with Gasteiger partial charge in [0.1, 0.15) is 5.60 Å². The van der Waals surface area contributed by atoms with E-state index in [2.05, 4.69) is 4.98 Å². The number of hydrogen-bond donors (Lipinski definition) is 0. The van der Waals surface area contributed by atoms with Crippen molar-refractivity contribution in [2.24, 2.45) is 0 Å². The van der Waals surface area contributed by atoms with Gasteiger partial charge >= 0.3 is 12.3 Å². The van der Waals surface area contributed by atoms with Crippen LogP contribution in [0.25, 0.3) is 0 Å². The fourth-order valence-electron chi connectivity index (χ4n) is 2.34. The molecule has 1 fully saturated rings. The molecule has 2 rings (SSSR count). The first-order valence-electron chi connectivity index (χ1n) is 7.32. The van der Waals surface area contributed by atoms with Gasteiger partial charge in [-0.25, -0.2) is 4.79 Å². The highest BCUT2D eigenvalue weighted by Gasteiger charge is 2.36. The first kappa shape index (κ1) is 17.4. The second kappa shape index (κ2) is 6.25. The lowest BCUT2D eigenvalue weighted by molar-refractivity contribution is -0.137. The number of aromatic nitrogens is 1. The van der Waals surface area contributed by atoms with Crippen LogP contribution in [-0.2, 0) is 10.9 Å². The Labute approximate surface area is 133 Å². The van der Waals surface area contributed by atoms with Crippen molar-refractivity contribution in [2.75, 3.05) is 31.1 Å². The lowest BCUT2D eigenvalue weighted by Gasteiger charge is -2.37. The number of carbonyl (C=O) groups is 1. The van der Waals surface area contributed by atoms with Crippen LogP contribution in [0.1, 0.15) is 26.3 Å². The molecule has 1 aliphatic heterocycles. The summed E-state index contributed by atoms with van der Waals surface area (Å²) in [4.78, 5) is 18.7. The number of piperazine rings is 1. The minimum atomic E-state index is -4.45. The van der Waals surface area contributed by atoms with E-state index in [1.54, 1.807) is 25.7 Å².